The lowest BCUT2D eigenvalue weighted by atomic mass is 10.0. The highest BCUT2D eigenvalue weighted by Gasteiger charge is 2.25. The fraction of sp³-hybridized carbons (Fsp3) is 0.474. The van der Waals surface area contributed by atoms with E-state index < -0.39 is 6.10 Å². The van der Waals surface area contributed by atoms with Crippen LogP contribution in [0.5, 0.6) is 0 Å². The van der Waals surface area contributed by atoms with Gasteiger partial charge in [-0.1, -0.05) is 15.9 Å². The number of amides is 2. The molecule has 4 aromatic rings. The van der Waals surface area contributed by atoms with Crippen LogP contribution in [0.15, 0.2) is 54.8 Å². The summed E-state index contributed by atoms with van der Waals surface area (Å²) in [6.07, 6.45) is -0.755. The average molecular weight is 784 g/mol. The number of benzene rings is 2. The van der Waals surface area contributed by atoms with Crippen LogP contribution in [0.4, 0.5) is 11.8 Å². The molecule has 13 nitrogen and oxygen atoms in total. The number of anilines is 2. The van der Waals surface area contributed by atoms with Gasteiger partial charge >= 0.3 is 0 Å². The number of carbonyl (C=O) groups is 2. The van der Waals surface area contributed by atoms with Crippen molar-refractivity contribution in [2.75, 3.05) is 77.4 Å². The van der Waals surface area contributed by atoms with E-state index in [1.54, 1.807) is 53.3 Å². The Morgan fingerprint density at radius 2 is 1.13 bits per heavy atom. The molecule has 2 aromatic carbocycles. The number of carbonyl (C=O) groups excluding carboxylic acids is 2. The molecule has 2 saturated heterocycles. The first kappa shape index (κ1) is 39.0. The van der Waals surface area contributed by atoms with E-state index >= 15 is 0 Å². The summed E-state index contributed by atoms with van der Waals surface area (Å²) < 4.78 is 23.2. The molecule has 14 heteroatoms. The van der Waals surface area contributed by atoms with Crippen molar-refractivity contribution in [2.24, 2.45) is 0 Å². The average Bonchev–Trinajstić information content (AvgIpc) is 3.10. The Hall–Kier alpha value is -4.24. The first-order valence-corrected chi connectivity index (χ1v) is 18.2. The molecule has 1 N–H and O–H groups in total. The summed E-state index contributed by atoms with van der Waals surface area (Å²) in [4.78, 5) is 57.0. The molecule has 2 unspecified atom stereocenters. The van der Waals surface area contributed by atoms with Crippen molar-refractivity contribution in [1.82, 2.24) is 9.80 Å². The smallest absolute Gasteiger partial charge is 0.253 e. The lowest BCUT2D eigenvalue weighted by Gasteiger charge is -2.31. The second-order valence-electron chi connectivity index (χ2n) is 13.7. The van der Waals surface area contributed by atoms with Gasteiger partial charge in [-0.15, -0.1) is 0 Å². The normalized spacial score (nSPS) is 18.8. The van der Waals surface area contributed by atoms with E-state index in [2.05, 4.69) is 15.9 Å². The highest BCUT2D eigenvalue weighted by Crippen LogP contribution is 2.33. The summed E-state index contributed by atoms with van der Waals surface area (Å²) >= 11 is 3.56. The van der Waals surface area contributed by atoms with Gasteiger partial charge in [0.05, 0.1) is 42.3 Å². The summed E-state index contributed by atoms with van der Waals surface area (Å²) in [6, 6.07) is 9.47. The largest absolute Gasteiger partial charge is 0.440 e. The number of halogens is 1. The van der Waals surface area contributed by atoms with E-state index in [0.29, 0.717) is 89.8 Å². The van der Waals surface area contributed by atoms with E-state index in [1.165, 1.54) is 28.0 Å². The van der Waals surface area contributed by atoms with Crippen LogP contribution >= 0.6 is 15.9 Å². The number of fused-ring (bicyclic) bond motifs is 2. The highest BCUT2D eigenvalue weighted by molar-refractivity contribution is 9.09. The fourth-order valence-corrected chi connectivity index (χ4v) is 6.60. The second kappa shape index (κ2) is 16.2. The van der Waals surface area contributed by atoms with Gasteiger partial charge in [0.1, 0.15) is 11.2 Å². The maximum atomic E-state index is 12.8. The number of morpholine rings is 2. The molecule has 2 aliphatic heterocycles. The highest BCUT2D eigenvalue weighted by atomic mass is 79.9. The molecule has 2 amide bonds. The molecule has 0 aliphatic carbocycles. The number of aliphatic hydroxyl groups excluding tert-OH is 1. The third-order valence-electron chi connectivity index (χ3n) is 8.98. The van der Waals surface area contributed by atoms with Crippen molar-refractivity contribution in [3.05, 3.63) is 79.1 Å². The Kier molecular flexibility index (Phi) is 12.1. The predicted molar refractivity (Wildman–Crippen MR) is 204 cm³/mol. The Morgan fingerprint density at radius 1 is 0.731 bits per heavy atom. The zero-order valence-electron chi connectivity index (χ0n) is 30.9. The lowest BCUT2D eigenvalue weighted by Crippen LogP contribution is -2.41. The Balaban J connectivity index is 0.000000201. The maximum Gasteiger partial charge on any atom is 0.253 e. The van der Waals surface area contributed by atoms with Gasteiger partial charge < -0.3 is 43.0 Å². The first-order chi connectivity index (χ1) is 24.5. The predicted octanol–water partition coefficient (Wildman–Crippen LogP) is 4.95. The van der Waals surface area contributed by atoms with Gasteiger partial charge in [-0.3, -0.25) is 19.2 Å². The van der Waals surface area contributed by atoms with Crippen molar-refractivity contribution in [3.8, 4) is 0 Å². The zero-order chi connectivity index (χ0) is 38.0. The van der Waals surface area contributed by atoms with Crippen molar-refractivity contribution >= 4 is 61.5 Å². The lowest BCUT2D eigenvalue weighted by molar-refractivity contribution is 0.0516. The minimum absolute atomic E-state index is 0.0427. The van der Waals surface area contributed by atoms with Crippen molar-refractivity contribution in [2.45, 2.75) is 50.8 Å². The molecule has 0 bridgehead atoms. The standard InChI is InChI=1S/C19H23BrN2O4.C19H24N2O5/c1-11-10-22(5-6-25-11)17-9-16(23)15-8-13(19(24)21(3)4)7-14(12(2)20)18(15)26-17;1-11-10-21(5-6-25-11)17-9-16(23)15-8-13(19(24)20(3)4)7-14(12(2)22)18(15)26-17/h7-9,11-12H,5-6,10H2,1-4H3;7-9,11-12,22H,5-6,10H2,1-4H3/t2*11-,12?/m11/s1. The van der Waals surface area contributed by atoms with Gasteiger partial charge in [0, 0.05) is 93.6 Å². The van der Waals surface area contributed by atoms with Crippen LogP contribution in [0, 0.1) is 0 Å². The van der Waals surface area contributed by atoms with Crippen LogP contribution < -0.4 is 20.7 Å². The van der Waals surface area contributed by atoms with E-state index in [0.717, 1.165) is 5.56 Å². The van der Waals surface area contributed by atoms with Crippen LogP contribution in [-0.4, -0.2) is 107 Å². The summed E-state index contributed by atoms with van der Waals surface area (Å²) in [5.74, 6) is 0.607. The number of alkyl halides is 1. The van der Waals surface area contributed by atoms with Gasteiger partial charge in [0.2, 0.25) is 0 Å². The van der Waals surface area contributed by atoms with Crippen LogP contribution in [0.25, 0.3) is 21.9 Å². The van der Waals surface area contributed by atoms with Gasteiger partial charge in [-0.25, -0.2) is 0 Å². The van der Waals surface area contributed by atoms with E-state index in [-0.39, 0.29) is 39.7 Å². The van der Waals surface area contributed by atoms with Crippen molar-refractivity contribution in [1.29, 1.82) is 0 Å². The SMILES string of the molecule is CC(Br)c1cc(C(=O)N(C)C)cc2c(=O)cc(N3CCO[C@H](C)C3)oc12.CC(O)c1cc(C(=O)N(C)C)cc2c(=O)cc(N3CCO[C@H](C)C3)oc12. The summed E-state index contributed by atoms with van der Waals surface area (Å²) in [5, 5.41) is 10.9. The molecular formula is C38H47BrN4O9. The molecule has 52 heavy (non-hydrogen) atoms. The zero-order valence-corrected chi connectivity index (χ0v) is 32.5. The molecule has 2 aromatic heterocycles. The fourth-order valence-electron chi connectivity index (χ4n) is 6.26. The van der Waals surface area contributed by atoms with Crippen LogP contribution in [0.2, 0.25) is 0 Å². The number of hydrogen-bond donors (Lipinski definition) is 1. The Morgan fingerprint density at radius 3 is 1.50 bits per heavy atom. The number of rotatable bonds is 6. The summed E-state index contributed by atoms with van der Waals surface area (Å²) in [6.45, 7) is 11.2. The number of nitrogens with zero attached hydrogens (tertiary/aromatic N) is 4. The van der Waals surface area contributed by atoms with Crippen LogP contribution in [0.3, 0.4) is 0 Å². The molecule has 4 heterocycles. The van der Waals surface area contributed by atoms with Crippen LogP contribution in [-0.2, 0) is 9.47 Å². The van der Waals surface area contributed by atoms with Gasteiger partial charge in [-0.2, -0.15) is 0 Å². The van der Waals surface area contributed by atoms with Gasteiger partial charge in [-0.05, 0) is 52.0 Å². The Labute approximate surface area is 310 Å². The van der Waals surface area contributed by atoms with E-state index in [4.69, 9.17) is 18.3 Å². The third kappa shape index (κ3) is 8.52. The van der Waals surface area contributed by atoms with E-state index in [1.807, 2.05) is 30.6 Å². The molecule has 0 radical (unpaired) electrons. The molecule has 4 atom stereocenters. The second-order valence-corrected chi connectivity index (χ2v) is 15.1. The minimum Gasteiger partial charge on any atom is -0.440 e. The van der Waals surface area contributed by atoms with E-state index in [9.17, 15) is 24.3 Å². The summed E-state index contributed by atoms with van der Waals surface area (Å²) in [7, 11) is 6.66. The minimum atomic E-state index is -0.880. The molecule has 0 spiro atoms. The van der Waals surface area contributed by atoms with Crippen molar-refractivity contribution < 1.29 is 33.0 Å². The first-order valence-electron chi connectivity index (χ1n) is 17.3. The summed E-state index contributed by atoms with van der Waals surface area (Å²) in [5.41, 5.74) is 2.48. The number of ether oxygens (including phenoxy) is 2. The van der Waals surface area contributed by atoms with Gasteiger partial charge in [0.15, 0.2) is 22.6 Å². The molecule has 2 aliphatic rings. The quantitative estimate of drug-likeness (QED) is 0.265. The molecule has 280 valence electrons. The molecular weight excluding hydrogens is 736 g/mol. The number of aliphatic hydroxyl groups is 1. The maximum absolute atomic E-state index is 12.8. The molecule has 0 saturated carbocycles. The third-order valence-corrected chi connectivity index (χ3v) is 9.47. The molecule has 6 rings (SSSR count). The van der Waals surface area contributed by atoms with Crippen LogP contribution in [0.1, 0.15) is 70.5 Å². The number of hydrogen-bond acceptors (Lipinski definition) is 11. The van der Waals surface area contributed by atoms with Gasteiger partial charge in [0.25, 0.3) is 11.8 Å². The Bertz CT molecular complexity index is 1930. The molecule has 2 fully saturated rings. The topological polar surface area (TPSA) is 146 Å². The monoisotopic (exact) mass is 782 g/mol. The van der Waals surface area contributed by atoms with Crippen molar-refractivity contribution in [3.63, 3.8) is 0 Å².